The molecule has 2 N–H and O–H groups in total. The number of hydrogen-bond acceptors (Lipinski definition) is 3. The minimum Gasteiger partial charge on any atom is -0.389 e. The second-order valence-corrected chi connectivity index (χ2v) is 4.52. The van der Waals surface area contributed by atoms with E-state index in [4.69, 9.17) is 29.6 Å². The van der Waals surface area contributed by atoms with Gasteiger partial charge < -0.3 is 5.73 Å². The number of aromatic nitrogens is 3. The third-order valence-corrected chi connectivity index (χ3v) is 2.78. The normalized spacial score (nSPS) is 10.5. The molecule has 0 bridgehead atoms. The van der Waals surface area contributed by atoms with Crippen LogP contribution < -0.4 is 5.73 Å². The van der Waals surface area contributed by atoms with E-state index in [9.17, 15) is 0 Å². The first kappa shape index (κ1) is 12.0. The number of aryl methyl sites for hydroxylation is 2. The van der Waals surface area contributed by atoms with Crippen molar-refractivity contribution in [2.45, 2.75) is 13.8 Å². The number of benzene rings is 1. The van der Waals surface area contributed by atoms with Crippen LogP contribution in [0, 0.1) is 13.8 Å². The monoisotopic (exact) mass is 266 g/mol. The van der Waals surface area contributed by atoms with Crippen LogP contribution in [-0.4, -0.2) is 19.8 Å². The Balaban J connectivity index is 2.69. The molecule has 0 aliphatic rings. The topological polar surface area (TPSA) is 56.7 Å². The van der Waals surface area contributed by atoms with E-state index in [1.807, 2.05) is 13.8 Å². The van der Waals surface area contributed by atoms with Crippen molar-refractivity contribution in [1.82, 2.24) is 14.8 Å². The quantitative estimate of drug-likeness (QED) is 0.847. The molecule has 0 radical (unpaired) electrons. The van der Waals surface area contributed by atoms with Gasteiger partial charge in [-0.05, 0) is 32.0 Å². The van der Waals surface area contributed by atoms with Crippen LogP contribution in [0.15, 0.2) is 18.2 Å². The predicted molar refractivity (Wildman–Crippen MR) is 71.7 cm³/mol. The largest absolute Gasteiger partial charge is 0.389 e. The van der Waals surface area contributed by atoms with Crippen LogP contribution in [0.5, 0.6) is 0 Å². The van der Waals surface area contributed by atoms with Gasteiger partial charge in [0.15, 0.2) is 0 Å². The molecule has 0 fully saturated rings. The van der Waals surface area contributed by atoms with Crippen molar-refractivity contribution in [2.75, 3.05) is 0 Å². The van der Waals surface area contributed by atoms with Crippen molar-refractivity contribution in [3.05, 3.63) is 40.4 Å². The van der Waals surface area contributed by atoms with E-state index in [0.29, 0.717) is 15.8 Å². The second-order valence-electron chi connectivity index (χ2n) is 3.64. The van der Waals surface area contributed by atoms with E-state index in [1.165, 1.54) is 0 Å². The lowest BCUT2D eigenvalue weighted by molar-refractivity contribution is 0.830. The van der Waals surface area contributed by atoms with Crippen LogP contribution in [0.3, 0.4) is 0 Å². The zero-order chi connectivity index (χ0) is 12.6. The molecule has 17 heavy (non-hydrogen) atoms. The highest BCUT2D eigenvalue weighted by molar-refractivity contribution is 7.80. The number of thiocarbonyl (C=S) groups is 1. The van der Waals surface area contributed by atoms with E-state index >= 15 is 0 Å². The molecule has 0 aliphatic heterocycles. The van der Waals surface area contributed by atoms with Gasteiger partial charge in [-0.1, -0.05) is 23.8 Å². The lowest BCUT2D eigenvalue weighted by Gasteiger charge is -2.09. The summed E-state index contributed by atoms with van der Waals surface area (Å²) in [6.07, 6.45) is 0. The molecular formula is C11H11ClN4S. The van der Waals surface area contributed by atoms with Crippen molar-refractivity contribution in [1.29, 1.82) is 0 Å². The smallest absolute Gasteiger partial charge is 0.148 e. The van der Waals surface area contributed by atoms with E-state index in [1.54, 1.807) is 22.9 Å². The number of halogens is 1. The second kappa shape index (κ2) is 4.43. The molecule has 1 heterocycles. The average molecular weight is 267 g/mol. The van der Waals surface area contributed by atoms with Crippen LogP contribution in [0.4, 0.5) is 0 Å². The molecule has 0 aliphatic carbocycles. The van der Waals surface area contributed by atoms with E-state index in [-0.39, 0.29) is 0 Å². The molecule has 0 saturated heterocycles. The third kappa shape index (κ3) is 2.30. The van der Waals surface area contributed by atoms with Gasteiger partial charge in [0.2, 0.25) is 0 Å². The zero-order valence-corrected chi connectivity index (χ0v) is 11.0. The molecule has 0 saturated carbocycles. The standard InChI is InChI=1S/C11H11ClN4S/c1-6-14-7(2)16(15-6)10-5-8(12)3-4-9(10)11(13)17/h3-5H,1-2H3,(H2,13,17). The fourth-order valence-electron chi connectivity index (χ4n) is 1.64. The maximum Gasteiger partial charge on any atom is 0.148 e. The lowest BCUT2D eigenvalue weighted by atomic mass is 10.2. The maximum absolute atomic E-state index is 5.98. The summed E-state index contributed by atoms with van der Waals surface area (Å²) < 4.78 is 1.69. The summed E-state index contributed by atoms with van der Waals surface area (Å²) in [4.78, 5) is 4.55. The minimum atomic E-state index is 0.309. The first-order valence-corrected chi connectivity index (χ1v) is 5.77. The first-order valence-electron chi connectivity index (χ1n) is 4.99. The first-order chi connectivity index (χ1) is 7.99. The predicted octanol–water partition coefficient (Wildman–Crippen LogP) is 2.17. The van der Waals surface area contributed by atoms with Crippen LogP contribution in [-0.2, 0) is 0 Å². The van der Waals surface area contributed by atoms with Crippen molar-refractivity contribution in [3.8, 4) is 5.69 Å². The lowest BCUT2D eigenvalue weighted by Crippen LogP contribution is -2.14. The highest BCUT2D eigenvalue weighted by Crippen LogP contribution is 2.20. The fraction of sp³-hybridized carbons (Fsp3) is 0.182. The van der Waals surface area contributed by atoms with Gasteiger partial charge in [0.05, 0.1) is 5.69 Å². The number of hydrogen-bond donors (Lipinski definition) is 1. The van der Waals surface area contributed by atoms with Crippen LogP contribution in [0.1, 0.15) is 17.2 Å². The molecule has 0 amide bonds. The van der Waals surface area contributed by atoms with Crippen molar-refractivity contribution < 1.29 is 0 Å². The Morgan fingerprint density at radius 3 is 2.65 bits per heavy atom. The SMILES string of the molecule is Cc1nc(C)n(-c2cc(Cl)ccc2C(N)=S)n1. The van der Waals surface area contributed by atoms with Gasteiger partial charge >= 0.3 is 0 Å². The molecule has 2 rings (SSSR count). The Labute approximate surface area is 109 Å². The van der Waals surface area contributed by atoms with Crippen LogP contribution >= 0.6 is 23.8 Å². The molecule has 0 spiro atoms. The van der Waals surface area contributed by atoms with Crippen LogP contribution in [0.2, 0.25) is 5.02 Å². The fourth-order valence-corrected chi connectivity index (χ4v) is 1.98. The van der Waals surface area contributed by atoms with Crippen LogP contribution in [0.25, 0.3) is 5.69 Å². The Kier molecular flexibility index (Phi) is 3.13. The molecular weight excluding hydrogens is 256 g/mol. The Hall–Kier alpha value is -1.46. The van der Waals surface area contributed by atoms with E-state index in [0.717, 1.165) is 17.1 Å². The van der Waals surface area contributed by atoms with Gasteiger partial charge in [-0.2, -0.15) is 5.10 Å². The van der Waals surface area contributed by atoms with Gasteiger partial charge in [0.1, 0.15) is 16.6 Å². The Bertz CT molecular complexity index is 591. The van der Waals surface area contributed by atoms with Crippen molar-refractivity contribution in [3.63, 3.8) is 0 Å². The molecule has 1 aromatic carbocycles. The van der Waals surface area contributed by atoms with Crippen molar-refractivity contribution >= 4 is 28.8 Å². The van der Waals surface area contributed by atoms with Gasteiger partial charge in [0, 0.05) is 10.6 Å². The maximum atomic E-state index is 5.98. The summed E-state index contributed by atoms with van der Waals surface area (Å²) in [5, 5.41) is 4.90. The Morgan fingerprint density at radius 1 is 1.41 bits per heavy atom. The molecule has 88 valence electrons. The Morgan fingerprint density at radius 2 is 2.12 bits per heavy atom. The highest BCUT2D eigenvalue weighted by atomic mass is 35.5. The van der Waals surface area contributed by atoms with Crippen molar-refractivity contribution in [2.24, 2.45) is 5.73 Å². The number of nitrogens with two attached hydrogens (primary N) is 1. The summed E-state index contributed by atoms with van der Waals surface area (Å²) >= 11 is 11.0. The highest BCUT2D eigenvalue weighted by Gasteiger charge is 2.12. The molecule has 1 aromatic heterocycles. The van der Waals surface area contributed by atoms with E-state index < -0.39 is 0 Å². The molecule has 2 aromatic rings. The third-order valence-electron chi connectivity index (χ3n) is 2.33. The summed E-state index contributed by atoms with van der Waals surface area (Å²) in [6, 6.07) is 5.31. The minimum absolute atomic E-state index is 0.309. The average Bonchev–Trinajstić information content (AvgIpc) is 2.57. The summed E-state index contributed by atoms with van der Waals surface area (Å²) in [7, 11) is 0. The van der Waals surface area contributed by atoms with Gasteiger partial charge in [-0.15, -0.1) is 0 Å². The van der Waals surface area contributed by atoms with E-state index in [2.05, 4.69) is 10.1 Å². The zero-order valence-electron chi connectivity index (χ0n) is 9.44. The summed E-state index contributed by atoms with van der Waals surface area (Å²) in [5.41, 5.74) is 7.17. The van der Waals surface area contributed by atoms with Gasteiger partial charge in [0.25, 0.3) is 0 Å². The molecule has 0 atom stereocenters. The molecule has 4 nitrogen and oxygen atoms in total. The number of rotatable bonds is 2. The molecule has 0 unspecified atom stereocenters. The summed E-state index contributed by atoms with van der Waals surface area (Å²) in [6.45, 7) is 3.69. The number of nitrogens with zero attached hydrogens (tertiary/aromatic N) is 3. The van der Waals surface area contributed by atoms with Gasteiger partial charge in [-0.3, -0.25) is 0 Å². The summed E-state index contributed by atoms with van der Waals surface area (Å²) in [5.74, 6) is 1.46. The van der Waals surface area contributed by atoms with Gasteiger partial charge in [-0.25, -0.2) is 9.67 Å². The molecule has 6 heteroatoms.